The van der Waals surface area contributed by atoms with Crippen molar-refractivity contribution in [2.75, 3.05) is 20.8 Å². The van der Waals surface area contributed by atoms with E-state index in [4.69, 9.17) is 9.47 Å². The number of carboxylic acid groups (broad SMARTS) is 1. The summed E-state index contributed by atoms with van der Waals surface area (Å²) in [6.07, 6.45) is 2.74. The zero-order valence-corrected chi connectivity index (χ0v) is 12.8. The normalized spacial score (nSPS) is 20.8. The first kappa shape index (κ1) is 15.6. The molecular formula is C16H23NO4. The average molecular weight is 293 g/mol. The predicted molar refractivity (Wildman–Crippen MR) is 79.9 cm³/mol. The minimum Gasteiger partial charge on any atom is -0.493 e. The molecule has 116 valence electrons. The molecule has 1 aromatic rings. The molecule has 0 radical (unpaired) electrons. The molecule has 0 amide bonds. The van der Waals surface area contributed by atoms with Gasteiger partial charge in [0.2, 0.25) is 0 Å². The highest BCUT2D eigenvalue weighted by Crippen LogP contribution is 2.34. The molecule has 0 bridgehead atoms. The van der Waals surface area contributed by atoms with Crippen molar-refractivity contribution in [1.29, 1.82) is 0 Å². The summed E-state index contributed by atoms with van der Waals surface area (Å²) in [4.78, 5) is 13.5. The van der Waals surface area contributed by atoms with Gasteiger partial charge in [-0.05, 0) is 44.0 Å². The Hall–Kier alpha value is -1.75. The number of ether oxygens (including phenoxy) is 2. The van der Waals surface area contributed by atoms with Crippen LogP contribution in [0.5, 0.6) is 11.5 Å². The highest BCUT2D eigenvalue weighted by Gasteiger charge is 2.32. The van der Waals surface area contributed by atoms with Crippen molar-refractivity contribution in [3.05, 3.63) is 23.8 Å². The fourth-order valence-electron chi connectivity index (χ4n) is 2.99. The molecule has 1 aliphatic rings. The van der Waals surface area contributed by atoms with Crippen LogP contribution in [0.25, 0.3) is 0 Å². The number of benzene rings is 1. The molecule has 2 atom stereocenters. The number of hydrogen-bond acceptors (Lipinski definition) is 4. The maximum atomic E-state index is 11.4. The van der Waals surface area contributed by atoms with E-state index in [-0.39, 0.29) is 6.04 Å². The highest BCUT2D eigenvalue weighted by molar-refractivity contribution is 5.73. The molecule has 1 N–H and O–H groups in total. The summed E-state index contributed by atoms with van der Waals surface area (Å²) < 4.78 is 10.6. The summed E-state index contributed by atoms with van der Waals surface area (Å²) in [5, 5.41) is 9.40. The lowest BCUT2D eigenvalue weighted by atomic mass is 9.97. The van der Waals surface area contributed by atoms with Crippen LogP contribution in [0.15, 0.2) is 18.2 Å². The molecule has 2 rings (SSSR count). The van der Waals surface area contributed by atoms with Crippen LogP contribution in [0.4, 0.5) is 0 Å². The summed E-state index contributed by atoms with van der Waals surface area (Å²) in [7, 11) is 3.21. The Morgan fingerprint density at radius 2 is 2.00 bits per heavy atom. The van der Waals surface area contributed by atoms with Crippen molar-refractivity contribution in [2.24, 2.45) is 0 Å². The summed E-state index contributed by atoms with van der Waals surface area (Å²) in [6.45, 7) is 2.86. The molecule has 0 spiro atoms. The third-order valence-electron chi connectivity index (χ3n) is 4.22. The Balaban J connectivity index is 2.25. The SMILES string of the molecule is COc1ccc(C(C)N2CCCCC2C(=O)O)cc1OC. The number of carbonyl (C=O) groups is 1. The third-order valence-corrected chi connectivity index (χ3v) is 4.22. The van der Waals surface area contributed by atoms with Crippen LogP contribution in [0.2, 0.25) is 0 Å². The smallest absolute Gasteiger partial charge is 0.320 e. The van der Waals surface area contributed by atoms with E-state index in [0.717, 1.165) is 24.9 Å². The summed E-state index contributed by atoms with van der Waals surface area (Å²) in [6, 6.07) is 5.40. The van der Waals surface area contributed by atoms with E-state index in [9.17, 15) is 9.90 Å². The molecular weight excluding hydrogens is 270 g/mol. The maximum Gasteiger partial charge on any atom is 0.320 e. The van der Waals surface area contributed by atoms with E-state index in [0.29, 0.717) is 17.9 Å². The number of carboxylic acids is 1. The lowest BCUT2D eigenvalue weighted by molar-refractivity contribution is -0.145. The second kappa shape index (κ2) is 6.80. The van der Waals surface area contributed by atoms with Crippen molar-refractivity contribution < 1.29 is 19.4 Å². The zero-order chi connectivity index (χ0) is 15.4. The lowest BCUT2D eigenvalue weighted by Crippen LogP contribution is -2.45. The van der Waals surface area contributed by atoms with E-state index in [1.165, 1.54) is 0 Å². The Morgan fingerprint density at radius 3 is 2.62 bits per heavy atom. The third kappa shape index (κ3) is 3.29. The molecule has 1 heterocycles. The van der Waals surface area contributed by atoms with Gasteiger partial charge in [-0.3, -0.25) is 9.69 Å². The van der Waals surface area contributed by atoms with Gasteiger partial charge in [-0.2, -0.15) is 0 Å². The number of nitrogens with zero attached hydrogens (tertiary/aromatic N) is 1. The van der Waals surface area contributed by atoms with Gasteiger partial charge in [0, 0.05) is 6.04 Å². The van der Waals surface area contributed by atoms with Gasteiger partial charge >= 0.3 is 5.97 Å². The van der Waals surface area contributed by atoms with Crippen LogP contribution in [0, 0.1) is 0 Å². The molecule has 2 unspecified atom stereocenters. The first-order chi connectivity index (χ1) is 10.1. The van der Waals surface area contributed by atoms with Crippen LogP contribution >= 0.6 is 0 Å². The van der Waals surface area contributed by atoms with Crippen molar-refractivity contribution in [2.45, 2.75) is 38.3 Å². The van der Waals surface area contributed by atoms with E-state index >= 15 is 0 Å². The van der Waals surface area contributed by atoms with Gasteiger partial charge in [-0.1, -0.05) is 12.5 Å². The van der Waals surface area contributed by atoms with E-state index < -0.39 is 12.0 Å². The monoisotopic (exact) mass is 293 g/mol. The first-order valence-electron chi connectivity index (χ1n) is 7.29. The van der Waals surface area contributed by atoms with E-state index in [2.05, 4.69) is 4.90 Å². The summed E-state index contributed by atoms with van der Waals surface area (Å²) >= 11 is 0. The number of aliphatic carboxylic acids is 1. The number of methoxy groups -OCH3 is 2. The zero-order valence-electron chi connectivity index (χ0n) is 12.8. The number of rotatable bonds is 5. The Morgan fingerprint density at radius 1 is 1.29 bits per heavy atom. The summed E-state index contributed by atoms with van der Waals surface area (Å²) in [5.41, 5.74) is 1.04. The average Bonchev–Trinajstić information content (AvgIpc) is 2.53. The minimum atomic E-state index is -0.734. The van der Waals surface area contributed by atoms with Gasteiger partial charge < -0.3 is 14.6 Å². The van der Waals surface area contributed by atoms with E-state index in [1.54, 1.807) is 14.2 Å². The standard InChI is InChI=1S/C16H23NO4/c1-11(17-9-5-4-6-13(17)16(18)19)12-7-8-14(20-2)15(10-12)21-3/h7-8,10-11,13H,4-6,9H2,1-3H3,(H,18,19). The largest absolute Gasteiger partial charge is 0.493 e. The van der Waals surface area contributed by atoms with Crippen molar-refractivity contribution >= 4 is 5.97 Å². The Bertz CT molecular complexity index is 503. The van der Waals surface area contributed by atoms with Crippen LogP contribution in [-0.4, -0.2) is 42.8 Å². The van der Waals surface area contributed by atoms with E-state index in [1.807, 2.05) is 25.1 Å². The molecule has 1 saturated heterocycles. The minimum absolute atomic E-state index is 0.0335. The number of piperidine rings is 1. The Labute approximate surface area is 125 Å². The van der Waals surface area contributed by atoms with Gasteiger partial charge in [0.15, 0.2) is 11.5 Å². The molecule has 1 fully saturated rings. The number of hydrogen-bond donors (Lipinski definition) is 1. The highest BCUT2D eigenvalue weighted by atomic mass is 16.5. The molecule has 21 heavy (non-hydrogen) atoms. The molecule has 0 aliphatic carbocycles. The fraction of sp³-hybridized carbons (Fsp3) is 0.562. The molecule has 1 aromatic carbocycles. The lowest BCUT2D eigenvalue weighted by Gasteiger charge is -2.37. The second-order valence-corrected chi connectivity index (χ2v) is 5.38. The van der Waals surface area contributed by atoms with Gasteiger partial charge in [-0.25, -0.2) is 0 Å². The second-order valence-electron chi connectivity index (χ2n) is 5.38. The molecule has 0 saturated carbocycles. The quantitative estimate of drug-likeness (QED) is 0.904. The molecule has 1 aliphatic heterocycles. The van der Waals surface area contributed by atoms with Crippen molar-refractivity contribution in [3.63, 3.8) is 0 Å². The van der Waals surface area contributed by atoms with Gasteiger partial charge in [0.25, 0.3) is 0 Å². The van der Waals surface area contributed by atoms with Crippen molar-refractivity contribution in [1.82, 2.24) is 4.90 Å². The summed E-state index contributed by atoms with van der Waals surface area (Å²) in [5.74, 6) is 0.620. The Kier molecular flexibility index (Phi) is 5.07. The van der Waals surface area contributed by atoms with Crippen LogP contribution in [0.1, 0.15) is 37.8 Å². The predicted octanol–water partition coefficient (Wildman–Crippen LogP) is 2.70. The van der Waals surface area contributed by atoms with Crippen LogP contribution in [-0.2, 0) is 4.79 Å². The topological polar surface area (TPSA) is 59.0 Å². The maximum absolute atomic E-state index is 11.4. The van der Waals surface area contributed by atoms with Crippen LogP contribution in [0.3, 0.4) is 0 Å². The molecule has 5 heteroatoms. The van der Waals surface area contributed by atoms with Gasteiger partial charge in [0.05, 0.1) is 14.2 Å². The molecule has 5 nitrogen and oxygen atoms in total. The van der Waals surface area contributed by atoms with Gasteiger partial charge in [-0.15, -0.1) is 0 Å². The van der Waals surface area contributed by atoms with Crippen LogP contribution < -0.4 is 9.47 Å². The first-order valence-corrected chi connectivity index (χ1v) is 7.29. The fourth-order valence-corrected chi connectivity index (χ4v) is 2.99. The van der Waals surface area contributed by atoms with Crippen molar-refractivity contribution in [3.8, 4) is 11.5 Å². The van der Waals surface area contributed by atoms with Gasteiger partial charge in [0.1, 0.15) is 6.04 Å². The number of likely N-dealkylation sites (tertiary alicyclic amines) is 1. The molecule has 0 aromatic heterocycles.